The average molecular weight is 420 g/mol. The molecule has 0 aliphatic carbocycles. The predicted molar refractivity (Wildman–Crippen MR) is 120 cm³/mol. The molecular formula is C24H25FN4O2. The van der Waals surface area contributed by atoms with E-state index >= 15 is 0 Å². The Balaban J connectivity index is 1.70. The van der Waals surface area contributed by atoms with Crippen LogP contribution in [0.3, 0.4) is 0 Å². The summed E-state index contributed by atoms with van der Waals surface area (Å²) in [5, 5.41) is 8.87. The van der Waals surface area contributed by atoms with E-state index in [9.17, 15) is 14.0 Å². The van der Waals surface area contributed by atoms with Gasteiger partial charge in [-0.3, -0.25) is 14.6 Å². The Hall–Kier alpha value is -3.74. The maximum absolute atomic E-state index is 12.5. The highest BCUT2D eigenvalue weighted by atomic mass is 19.1. The molecule has 2 aromatic carbocycles. The highest BCUT2D eigenvalue weighted by Gasteiger charge is 2.12. The normalized spacial score (nSPS) is 11.5. The van der Waals surface area contributed by atoms with Gasteiger partial charge in [0.05, 0.1) is 5.56 Å². The summed E-state index contributed by atoms with van der Waals surface area (Å²) >= 11 is 0. The van der Waals surface area contributed by atoms with E-state index in [0.29, 0.717) is 11.3 Å². The summed E-state index contributed by atoms with van der Waals surface area (Å²) < 4.78 is 12.4. The largest absolute Gasteiger partial charge is 0.378 e. The first-order chi connectivity index (χ1) is 15.0. The molecule has 1 atom stereocenters. The van der Waals surface area contributed by atoms with Gasteiger partial charge in [0, 0.05) is 36.4 Å². The minimum Gasteiger partial charge on any atom is -0.378 e. The number of halogens is 1. The fraction of sp³-hybridized carbons (Fsp3) is 0.208. The van der Waals surface area contributed by atoms with Crippen LogP contribution in [0, 0.1) is 6.92 Å². The molecule has 0 bridgehead atoms. The van der Waals surface area contributed by atoms with Crippen molar-refractivity contribution in [2.45, 2.75) is 26.4 Å². The summed E-state index contributed by atoms with van der Waals surface area (Å²) in [6.45, 7) is 3.09. The molecule has 0 fully saturated rings. The van der Waals surface area contributed by atoms with E-state index < -0.39 is 12.6 Å². The molecule has 7 heteroatoms. The van der Waals surface area contributed by atoms with Crippen molar-refractivity contribution < 1.29 is 14.0 Å². The van der Waals surface area contributed by atoms with E-state index in [0.717, 1.165) is 22.4 Å². The predicted octanol–water partition coefficient (Wildman–Crippen LogP) is 4.40. The van der Waals surface area contributed by atoms with Gasteiger partial charge in [0.25, 0.3) is 11.8 Å². The molecule has 31 heavy (non-hydrogen) atoms. The third-order valence-electron chi connectivity index (χ3n) is 4.77. The summed E-state index contributed by atoms with van der Waals surface area (Å²) in [6, 6.07) is 16.8. The van der Waals surface area contributed by atoms with Gasteiger partial charge in [-0.15, -0.1) is 0 Å². The zero-order valence-electron chi connectivity index (χ0n) is 17.5. The fourth-order valence-corrected chi connectivity index (χ4v) is 3.14. The lowest BCUT2D eigenvalue weighted by Crippen LogP contribution is -2.24. The van der Waals surface area contributed by atoms with Crippen LogP contribution in [0.15, 0.2) is 67.0 Å². The highest BCUT2D eigenvalue weighted by molar-refractivity contribution is 6.04. The Morgan fingerprint density at radius 3 is 2.65 bits per heavy atom. The van der Waals surface area contributed by atoms with Crippen LogP contribution in [0.2, 0.25) is 0 Å². The highest BCUT2D eigenvalue weighted by Crippen LogP contribution is 2.24. The number of anilines is 2. The molecule has 160 valence electrons. The van der Waals surface area contributed by atoms with Gasteiger partial charge >= 0.3 is 0 Å². The van der Waals surface area contributed by atoms with Gasteiger partial charge in [-0.05, 0) is 54.8 Å². The van der Waals surface area contributed by atoms with E-state index in [1.807, 2.05) is 62.4 Å². The lowest BCUT2D eigenvalue weighted by molar-refractivity contribution is -0.122. The molecule has 0 spiro atoms. The number of carbonyl (C=O) groups excluding carboxylic acids is 2. The topological polar surface area (TPSA) is 83.1 Å². The van der Waals surface area contributed by atoms with Crippen molar-refractivity contribution in [2.24, 2.45) is 0 Å². The van der Waals surface area contributed by atoms with Crippen molar-refractivity contribution in [2.75, 3.05) is 17.3 Å². The van der Waals surface area contributed by atoms with Gasteiger partial charge in [0.1, 0.15) is 0 Å². The van der Waals surface area contributed by atoms with E-state index in [1.165, 1.54) is 6.20 Å². The molecule has 0 aliphatic heterocycles. The van der Waals surface area contributed by atoms with Gasteiger partial charge in [-0.1, -0.05) is 30.3 Å². The van der Waals surface area contributed by atoms with E-state index in [2.05, 4.69) is 20.9 Å². The first kappa shape index (κ1) is 22.0. The number of pyridine rings is 1. The standard InChI is InChI=1S/C24H25FN4O2/c1-16-10-20(14-26-13-16)24(31)29-21-8-5-7-18(11-21)17(2)28-22-9-4-3-6-19(22)15-27-23(30)12-25/h3-11,13-14,17,28H,12,15H2,1-2H3,(H,27,30)(H,29,31). The van der Waals surface area contributed by atoms with Gasteiger partial charge in [0.2, 0.25) is 0 Å². The zero-order chi connectivity index (χ0) is 22.2. The molecule has 1 aromatic heterocycles. The van der Waals surface area contributed by atoms with Crippen molar-refractivity contribution >= 4 is 23.2 Å². The van der Waals surface area contributed by atoms with Gasteiger partial charge in [0.15, 0.2) is 6.67 Å². The third-order valence-corrected chi connectivity index (χ3v) is 4.77. The van der Waals surface area contributed by atoms with Crippen LogP contribution in [0.5, 0.6) is 0 Å². The second kappa shape index (κ2) is 10.3. The maximum Gasteiger partial charge on any atom is 0.257 e. The van der Waals surface area contributed by atoms with Gasteiger partial charge in [-0.25, -0.2) is 4.39 Å². The molecule has 3 N–H and O–H groups in total. The summed E-state index contributed by atoms with van der Waals surface area (Å²) in [6.07, 6.45) is 3.24. The second-order valence-electron chi connectivity index (χ2n) is 7.26. The number of aromatic nitrogens is 1. The average Bonchev–Trinajstić information content (AvgIpc) is 2.78. The SMILES string of the molecule is Cc1cncc(C(=O)Nc2cccc(C(C)Nc3ccccc3CNC(=O)CF)c2)c1. The number of amides is 2. The van der Waals surface area contributed by atoms with E-state index in [4.69, 9.17) is 0 Å². The summed E-state index contributed by atoms with van der Waals surface area (Å²) in [4.78, 5) is 27.8. The summed E-state index contributed by atoms with van der Waals surface area (Å²) in [5.74, 6) is -0.863. The van der Waals surface area contributed by atoms with Crippen LogP contribution in [0.4, 0.5) is 15.8 Å². The molecule has 0 radical (unpaired) electrons. The quantitative estimate of drug-likeness (QED) is 0.504. The number of para-hydroxylation sites is 1. The van der Waals surface area contributed by atoms with Crippen LogP contribution >= 0.6 is 0 Å². The molecule has 1 unspecified atom stereocenters. The molecule has 3 rings (SSSR count). The molecular weight excluding hydrogens is 395 g/mol. The second-order valence-corrected chi connectivity index (χ2v) is 7.26. The molecule has 1 heterocycles. The number of aryl methyl sites for hydroxylation is 1. The Morgan fingerprint density at radius 1 is 1.06 bits per heavy atom. The van der Waals surface area contributed by atoms with Gasteiger partial charge in [-0.2, -0.15) is 0 Å². The third kappa shape index (κ3) is 6.12. The Kier molecular flexibility index (Phi) is 7.32. The molecule has 0 saturated heterocycles. The fourth-order valence-electron chi connectivity index (χ4n) is 3.14. The number of alkyl halides is 1. The van der Waals surface area contributed by atoms with Crippen molar-refractivity contribution in [3.63, 3.8) is 0 Å². The first-order valence-electron chi connectivity index (χ1n) is 9.96. The van der Waals surface area contributed by atoms with Crippen LogP contribution in [0.25, 0.3) is 0 Å². The molecule has 0 aliphatic rings. The van der Waals surface area contributed by atoms with Crippen LogP contribution in [0.1, 0.15) is 40.0 Å². The van der Waals surface area contributed by atoms with Crippen LogP contribution in [-0.2, 0) is 11.3 Å². The number of hydrogen-bond acceptors (Lipinski definition) is 4. The van der Waals surface area contributed by atoms with Crippen LogP contribution in [-0.4, -0.2) is 23.5 Å². The number of rotatable bonds is 8. The number of nitrogens with one attached hydrogen (secondary N) is 3. The number of hydrogen-bond donors (Lipinski definition) is 3. The molecule has 2 amide bonds. The van der Waals surface area contributed by atoms with Crippen molar-refractivity contribution in [3.05, 3.63) is 89.2 Å². The van der Waals surface area contributed by atoms with Gasteiger partial charge < -0.3 is 16.0 Å². The molecule has 3 aromatic rings. The monoisotopic (exact) mass is 420 g/mol. The lowest BCUT2D eigenvalue weighted by Gasteiger charge is -2.19. The summed E-state index contributed by atoms with van der Waals surface area (Å²) in [5.41, 5.74) is 4.77. The number of carbonyl (C=O) groups is 2. The molecule has 0 saturated carbocycles. The minimum atomic E-state index is -1.04. The Bertz CT molecular complexity index is 1070. The van der Waals surface area contributed by atoms with Crippen molar-refractivity contribution in [1.29, 1.82) is 0 Å². The maximum atomic E-state index is 12.5. The summed E-state index contributed by atoms with van der Waals surface area (Å²) in [7, 11) is 0. The van der Waals surface area contributed by atoms with Crippen molar-refractivity contribution in [1.82, 2.24) is 10.3 Å². The first-order valence-corrected chi connectivity index (χ1v) is 9.96. The van der Waals surface area contributed by atoms with E-state index in [-0.39, 0.29) is 18.5 Å². The zero-order valence-corrected chi connectivity index (χ0v) is 17.5. The smallest absolute Gasteiger partial charge is 0.257 e. The van der Waals surface area contributed by atoms with E-state index in [1.54, 1.807) is 12.3 Å². The number of nitrogens with zero attached hydrogens (tertiary/aromatic N) is 1. The Morgan fingerprint density at radius 2 is 1.87 bits per heavy atom. The minimum absolute atomic E-state index is 0.0736. The number of benzene rings is 2. The lowest BCUT2D eigenvalue weighted by atomic mass is 10.1. The van der Waals surface area contributed by atoms with Crippen molar-refractivity contribution in [3.8, 4) is 0 Å². The molecule has 6 nitrogen and oxygen atoms in total. The Labute approximate surface area is 180 Å². The van der Waals surface area contributed by atoms with Crippen LogP contribution < -0.4 is 16.0 Å².